The molecule has 1 atom stereocenters. The van der Waals surface area contributed by atoms with Crippen molar-refractivity contribution in [3.8, 4) is 5.75 Å². The van der Waals surface area contributed by atoms with Gasteiger partial charge in [0.05, 0.1) is 6.61 Å². The molecule has 0 aromatic heterocycles. The molecule has 1 aromatic carbocycles. The van der Waals surface area contributed by atoms with E-state index in [1.54, 1.807) is 0 Å². The van der Waals surface area contributed by atoms with Gasteiger partial charge >= 0.3 is 18.2 Å². The number of carbonyl (C=O) groups excluding carboxylic acids is 2. The summed E-state index contributed by atoms with van der Waals surface area (Å²) in [7, 11) is 0. The SMILES string of the molecule is CCCCC1CN(CC2CCCCC2)C(=O)OC12CCN(C1CCN(C(=O)c3c(C)cc(OCC)cc3C)CC1)CC2.O=C(O)C(F)(F)F. The molecule has 1 spiro atoms. The number of benzene rings is 1. The summed E-state index contributed by atoms with van der Waals surface area (Å²) in [6, 6.07) is 4.47. The Morgan fingerprint density at radius 3 is 2.10 bits per heavy atom. The number of carbonyl (C=O) groups is 3. The average Bonchev–Trinajstić information content (AvgIpc) is 3.06. The highest BCUT2D eigenvalue weighted by Crippen LogP contribution is 2.42. The van der Waals surface area contributed by atoms with Gasteiger partial charge in [0.2, 0.25) is 0 Å². The summed E-state index contributed by atoms with van der Waals surface area (Å²) in [6.45, 7) is 14.2. The van der Waals surface area contributed by atoms with E-state index >= 15 is 0 Å². The van der Waals surface area contributed by atoms with Crippen LogP contribution in [0.25, 0.3) is 0 Å². The molecule has 1 saturated carbocycles. The normalized spacial score (nSPS) is 22.3. The van der Waals surface area contributed by atoms with Crippen LogP contribution in [0.1, 0.15) is 112 Å². The lowest BCUT2D eigenvalue weighted by atomic mass is 9.75. The fraction of sp³-hybridized carbons (Fsp3) is 0.757. The van der Waals surface area contributed by atoms with Crippen molar-refractivity contribution in [3.63, 3.8) is 0 Å². The van der Waals surface area contributed by atoms with Gasteiger partial charge in [0.25, 0.3) is 5.91 Å². The van der Waals surface area contributed by atoms with Crippen LogP contribution in [0.2, 0.25) is 0 Å². The number of rotatable bonds is 9. The number of nitrogens with zero attached hydrogens (tertiary/aromatic N) is 3. The van der Waals surface area contributed by atoms with E-state index in [1.165, 1.54) is 44.9 Å². The second-order valence-electron chi connectivity index (χ2n) is 14.4. The van der Waals surface area contributed by atoms with Crippen LogP contribution < -0.4 is 4.74 Å². The topological polar surface area (TPSA) is 99.6 Å². The maximum absolute atomic E-state index is 13.5. The number of halogens is 3. The third-order valence-corrected chi connectivity index (χ3v) is 11.0. The molecule has 5 rings (SSSR count). The van der Waals surface area contributed by atoms with E-state index in [4.69, 9.17) is 19.4 Å². The molecule has 276 valence electrons. The molecule has 1 unspecified atom stereocenters. The Hall–Kier alpha value is -3.02. The van der Waals surface area contributed by atoms with Gasteiger partial charge in [-0.1, -0.05) is 39.0 Å². The molecule has 4 fully saturated rings. The lowest BCUT2D eigenvalue weighted by Crippen LogP contribution is -2.61. The van der Waals surface area contributed by atoms with Crippen molar-refractivity contribution in [2.45, 2.75) is 123 Å². The number of hydrogen-bond donors (Lipinski definition) is 1. The van der Waals surface area contributed by atoms with Crippen molar-refractivity contribution < 1.29 is 42.1 Å². The van der Waals surface area contributed by atoms with Crippen molar-refractivity contribution >= 4 is 18.0 Å². The lowest BCUT2D eigenvalue weighted by Gasteiger charge is -2.52. The van der Waals surface area contributed by atoms with E-state index in [0.29, 0.717) is 24.5 Å². The molecule has 3 heterocycles. The van der Waals surface area contributed by atoms with Gasteiger partial charge in [-0.3, -0.25) is 9.69 Å². The zero-order valence-electron chi connectivity index (χ0n) is 29.8. The quantitative estimate of drug-likeness (QED) is 0.284. The number of alkyl halides is 3. The molecule has 2 amide bonds. The number of aliphatic carboxylic acids is 1. The van der Waals surface area contributed by atoms with Crippen LogP contribution in [-0.2, 0) is 9.53 Å². The zero-order valence-corrected chi connectivity index (χ0v) is 29.8. The molecular formula is C37H56F3N3O6. The summed E-state index contributed by atoms with van der Waals surface area (Å²) in [5.41, 5.74) is 2.50. The molecule has 9 nitrogen and oxygen atoms in total. The minimum absolute atomic E-state index is 0.0616. The van der Waals surface area contributed by atoms with E-state index in [9.17, 15) is 22.8 Å². The predicted octanol–water partition coefficient (Wildman–Crippen LogP) is 7.61. The largest absolute Gasteiger partial charge is 0.494 e. The summed E-state index contributed by atoms with van der Waals surface area (Å²) in [4.78, 5) is 42.5. The molecule has 1 N–H and O–H groups in total. The number of carboxylic acid groups (broad SMARTS) is 1. The highest BCUT2D eigenvalue weighted by molar-refractivity contribution is 5.97. The van der Waals surface area contributed by atoms with Gasteiger partial charge in [-0.2, -0.15) is 13.2 Å². The van der Waals surface area contributed by atoms with Crippen molar-refractivity contribution in [3.05, 3.63) is 28.8 Å². The molecule has 1 aliphatic carbocycles. The monoisotopic (exact) mass is 695 g/mol. The first-order valence-corrected chi connectivity index (χ1v) is 18.3. The van der Waals surface area contributed by atoms with Crippen LogP contribution in [0.15, 0.2) is 12.1 Å². The van der Waals surface area contributed by atoms with Crippen molar-refractivity contribution in [2.24, 2.45) is 11.8 Å². The van der Waals surface area contributed by atoms with E-state index in [-0.39, 0.29) is 17.6 Å². The summed E-state index contributed by atoms with van der Waals surface area (Å²) in [5, 5.41) is 7.12. The summed E-state index contributed by atoms with van der Waals surface area (Å²) >= 11 is 0. The second kappa shape index (κ2) is 17.3. The maximum Gasteiger partial charge on any atom is 0.490 e. The molecular weight excluding hydrogens is 639 g/mol. The van der Waals surface area contributed by atoms with Crippen molar-refractivity contribution in [1.29, 1.82) is 0 Å². The smallest absolute Gasteiger partial charge is 0.490 e. The fourth-order valence-corrected chi connectivity index (χ4v) is 8.35. The first-order valence-electron chi connectivity index (χ1n) is 18.3. The molecule has 49 heavy (non-hydrogen) atoms. The number of unbranched alkanes of at least 4 members (excludes halogenated alkanes) is 1. The third-order valence-electron chi connectivity index (χ3n) is 11.0. The maximum atomic E-state index is 13.5. The summed E-state index contributed by atoms with van der Waals surface area (Å²) in [5.74, 6) is -0.694. The van der Waals surface area contributed by atoms with E-state index in [0.717, 1.165) is 93.8 Å². The summed E-state index contributed by atoms with van der Waals surface area (Å²) in [6.07, 6.45) is 8.74. The fourth-order valence-electron chi connectivity index (χ4n) is 8.35. The first-order chi connectivity index (χ1) is 23.3. The molecule has 4 aliphatic rings. The number of aryl methyl sites for hydroxylation is 2. The highest BCUT2D eigenvalue weighted by atomic mass is 19.4. The molecule has 3 aliphatic heterocycles. The van der Waals surface area contributed by atoms with Crippen molar-refractivity contribution in [2.75, 3.05) is 45.9 Å². The number of hydrogen-bond acceptors (Lipinski definition) is 6. The van der Waals surface area contributed by atoms with Crippen LogP contribution >= 0.6 is 0 Å². The van der Waals surface area contributed by atoms with Gasteiger partial charge in [0, 0.05) is 69.6 Å². The van der Waals surface area contributed by atoms with Gasteiger partial charge < -0.3 is 24.4 Å². The first kappa shape index (κ1) is 38.8. The average molecular weight is 696 g/mol. The van der Waals surface area contributed by atoms with Gasteiger partial charge in [0.1, 0.15) is 11.4 Å². The van der Waals surface area contributed by atoms with Gasteiger partial charge in [0.15, 0.2) is 0 Å². The molecule has 0 radical (unpaired) electrons. The van der Waals surface area contributed by atoms with Gasteiger partial charge in [-0.05, 0) is 82.1 Å². The van der Waals surface area contributed by atoms with Crippen LogP contribution in [0.4, 0.5) is 18.0 Å². The minimum Gasteiger partial charge on any atom is -0.494 e. The molecule has 12 heteroatoms. The van der Waals surface area contributed by atoms with E-state index in [1.807, 2.05) is 37.8 Å². The molecule has 3 saturated heterocycles. The van der Waals surface area contributed by atoms with E-state index < -0.39 is 12.1 Å². The number of amides is 2. The Labute approximate surface area is 289 Å². The number of ether oxygens (including phenoxy) is 2. The van der Waals surface area contributed by atoms with Gasteiger partial charge in [-0.25, -0.2) is 9.59 Å². The zero-order chi connectivity index (χ0) is 35.8. The van der Waals surface area contributed by atoms with Crippen LogP contribution in [0, 0.1) is 25.7 Å². The Morgan fingerprint density at radius 2 is 1.57 bits per heavy atom. The lowest BCUT2D eigenvalue weighted by molar-refractivity contribution is -0.192. The summed E-state index contributed by atoms with van der Waals surface area (Å²) < 4.78 is 43.9. The molecule has 1 aromatic rings. The Balaban J connectivity index is 0.000000698. The predicted molar refractivity (Wildman–Crippen MR) is 181 cm³/mol. The number of piperidine rings is 2. The Kier molecular flexibility index (Phi) is 13.7. The Bertz CT molecular complexity index is 1250. The van der Waals surface area contributed by atoms with Crippen LogP contribution in [-0.4, -0.2) is 101 Å². The third kappa shape index (κ3) is 10.0. The Morgan fingerprint density at radius 1 is 0.980 bits per heavy atom. The van der Waals surface area contributed by atoms with Gasteiger partial charge in [-0.15, -0.1) is 0 Å². The highest BCUT2D eigenvalue weighted by Gasteiger charge is 2.50. The standard InChI is InChI=1S/C35H55N3O4.C2HF3O2/c1-5-7-13-29-25-38(24-28-11-9-8-10-12-28)34(40)42-35(29)16-20-36(21-17-35)30-14-18-37(19-15-30)33(39)32-26(3)22-31(41-6-2)23-27(32)4;3-2(4,5)1(6)7/h22-23,28-30H,5-21,24-25H2,1-4H3;(H,6,7). The molecule has 0 bridgehead atoms. The minimum atomic E-state index is -5.08. The van der Waals surface area contributed by atoms with E-state index in [2.05, 4.69) is 16.7 Å². The number of carboxylic acids is 1. The number of likely N-dealkylation sites (tertiary alicyclic amines) is 2. The van der Waals surface area contributed by atoms with Crippen LogP contribution in [0.3, 0.4) is 0 Å². The second-order valence-corrected chi connectivity index (χ2v) is 14.4. The van der Waals surface area contributed by atoms with Crippen LogP contribution in [0.5, 0.6) is 5.75 Å². The van der Waals surface area contributed by atoms with Crippen molar-refractivity contribution in [1.82, 2.24) is 14.7 Å².